The number of hydrogen-bond acceptors (Lipinski definition) is 3. The van der Waals surface area contributed by atoms with Crippen LogP contribution in [0.5, 0.6) is 0 Å². The molecule has 0 fully saturated rings. The summed E-state index contributed by atoms with van der Waals surface area (Å²) in [6.07, 6.45) is 0. The van der Waals surface area contributed by atoms with Crippen LogP contribution >= 0.6 is 0 Å². The largest absolute Gasteiger partial charge is 0.344 e. The second-order valence-electron chi connectivity index (χ2n) is 3.31. The predicted molar refractivity (Wildman–Crippen MR) is 56.2 cm³/mol. The first-order valence-corrected chi connectivity index (χ1v) is 4.57. The molecule has 15 heavy (non-hydrogen) atoms. The minimum Gasteiger partial charge on any atom is -0.344 e. The number of fused-ring (bicyclic) bond motifs is 3. The molecule has 0 bridgehead atoms. The van der Waals surface area contributed by atoms with Crippen molar-refractivity contribution in [2.75, 3.05) is 0 Å². The molecular weight excluding hydrogens is 188 g/mol. The standard InChI is InChI=1S/C12H6N2O/c13-7-11-10-6-5-8-3-1-2-4-9(8)12(10)14-15-11/h1-6H. The maximum absolute atomic E-state index is 8.81. The smallest absolute Gasteiger partial charge is 0.243 e. The molecule has 0 N–H and O–H groups in total. The molecule has 0 saturated carbocycles. The monoisotopic (exact) mass is 194 g/mol. The summed E-state index contributed by atoms with van der Waals surface area (Å²) < 4.78 is 4.96. The molecule has 70 valence electrons. The molecule has 0 unspecified atom stereocenters. The van der Waals surface area contributed by atoms with Gasteiger partial charge in [-0.25, -0.2) is 0 Å². The van der Waals surface area contributed by atoms with Crippen molar-refractivity contribution in [1.82, 2.24) is 5.16 Å². The van der Waals surface area contributed by atoms with E-state index in [0.717, 1.165) is 21.7 Å². The van der Waals surface area contributed by atoms with Crippen molar-refractivity contribution in [3.63, 3.8) is 0 Å². The summed E-state index contributed by atoms with van der Waals surface area (Å²) in [5.74, 6) is 0.274. The Labute approximate surface area is 85.5 Å². The van der Waals surface area contributed by atoms with Crippen LogP contribution in [-0.2, 0) is 0 Å². The van der Waals surface area contributed by atoms with Gasteiger partial charge in [0, 0.05) is 5.39 Å². The normalized spacial score (nSPS) is 10.6. The van der Waals surface area contributed by atoms with Gasteiger partial charge in [-0.3, -0.25) is 0 Å². The first-order valence-electron chi connectivity index (χ1n) is 4.57. The highest BCUT2D eigenvalue weighted by Gasteiger charge is 2.09. The van der Waals surface area contributed by atoms with E-state index < -0.39 is 0 Å². The van der Waals surface area contributed by atoms with E-state index in [4.69, 9.17) is 9.78 Å². The molecule has 3 nitrogen and oxygen atoms in total. The molecular formula is C12H6N2O. The maximum atomic E-state index is 8.81. The fourth-order valence-electron chi connectivity index (χ4n) is 1.76. The molecule has 1 heterocycles. The minimum absolute atomic E-state index is 0.274. The second kappa shape index (κ2) is 2.82. The summed E-state index contributed by atoms with van der Waals surface area (Å²) in [6, 6.07) is 13.7. The average molecular weight is 194 g/mol. The van der Waals surface area contributed by atoms with E-state index in [1.54, 1.807) is 0 Å². The summed E-state index contributed by atoms with van der Waals surface area (Å²) in [7, 11) is 0. The highest BCUT2D eigenvalue weighted by atomic mass is 16.5. The van der Waals surface area contributed by atoms with Crippen LogP contribution in [0.1, 0.15) is 5.76 Å². The zero-order valence-electron chi connectivity index (χ0n) is 7.77. The van der Waals surface area contributed by atoms with Crippen molar-refractivity contribution in [3.05, 3.63) is 42.2 Å². The molecule has 3 rings (SSSR count). The van der Waals surface area contributed by atoms with Gasteiger partial charge in [0.15, 0.2) is 0 Å². The fourth-order valence-corrected chi connectivity index (χ4v) is 1.76. The first kappa shape index (κ1) is 8.01. The van der Waals surface area contributed by atoms with Crippen molar-refractivity contribution in [3.8, 4) is 6.07 Å². The van der Waals surface area contributed by atoms with E-state index in [2.05, 4.69) is 5.16 Å². The Hall–Kier alpha value is -2.34. The van der Waals surface area contributed by atoms with Crippen LogP contribution in [0.2, 0.25) is 0 Å². The molecule has 1 aromatic heterocycles. The number of nitrogens with zero attached hydrogens (tertiary/aromatic N) is 2. The highest BCUT2D eigenvalue weighted by molar-refractivity contribution is 6.06. The van der Waals surface area contributed by atoms with Crippen LogP contribution < -0.4 is 0 Å². The molecule has 2 aromatic carbocycles. The Morgan fingerprint density at radius 2 is 1.93 bits per heavy atom. The van der Waals surface area contributed by atoms with E-state index in [-0.39, 0.29) is 5.76 Å². The average Bonchev–Trinajstić information content (AvgIpc) is 2.72. The molecule has 0 radical (unpaired) electrons. The van der Waals surface area contributed by atoms with Crippen molar-refractivity contribution in [2.45, 2.75) is 0 Å². The van der Waals surface area contributed by atoms with Gasteiger partial charge in [-0.1, -0.05) is 35.5 Å². The van der Waals surface area contributed by atoms with E-state index in [1.165, 1.54) is 0 Å². The van der Waals surface area contributed by atoms with Gasteiger partial charge in [0.05, 0.1) is 5.39 Å². The summed E-state index contributed by atoms with van der Waals surface area (Å²) in [5.41, 5.74) is 0.754. The lowest BCUT2D eigenvalue weighted by atomic mass is 10.1. The van der Waals surface area contributed by atoms with Crippen molar-refractivity contribution >= 4 is 21.7 Å². The van der Waals surface area contributed by atoms with E-state index in [9.17, 15) is 0 Å². The van der Waals surface area contributed by atoms with E-state index >= 15 is 0 Å². The van der Waals surface area contributed by atoms with E-state index in [1.807, 2.05) is 42.5 Å². The zero-order valence-corrected chi connectivity index (χ0v) is 7.77. The lowest BCUT2D eigenvalue weighted by Gasteiger charge is -1.95. The third kappa shape index (κ3) is 1.02. The van der Waals surface area contributed by atoms with Crippen LogP contribution in [0.25, 0.3) is 21.7 Å². The Morgan fingerprint density at radius 1 is 1.07 bits per heavy atom. The van der Waals surface area contributed by atoms with Crippen LogP contribution in [0, 0.1) is 11.3 Å². The van der Waals surface area contributed by atoms with Crippen LogP contribution in [-0.4, -0.2) is 5.16 Å². The van der Waals surface area contributed by atoms with Crippen molar-refractivity contribution in [2.24, 2.45) is 0 Å². The lowest BCUT2D eigenvalue weighted by molar-refractivity contribution is 0.419. The number of aromatic nitrogens is 1. The highest BCUT2D eigenvalue weighted by Crippen LogP contribution is 2.26. The van der Waals surface area contributed by atoms with Gasteiger partial charge in [0.25, 0.3) is 0 Å². The minimum atomic E-state index is 0.274. The summed E-state index contributed by atoms with van der Waals surface area (Å²) in [6.45, 7) is 0. The molecule has 0 saturated heterocycles. The van der Waals surface area contributed by atoms with Crippen molar-refractivity contribution < 1.29 is 4.52 Å². The number of benzene rings is 2. The third-order valence-electron chi connectivity index (χ3n) is 2.47. The Morgan fingerprint density at radius 3 is 2.80 bits per heavy atom. The van der Waals surface area contributed by atoms with Gasteiger partial charge in [0.2, 0.25) is 5.76 Å². The molecule has 3 heteroatoms. The van der Waals surface area contributed by atoms with Crippen LogP contribution in [0.15, 0.2) is 40.9 Å². The lowest BCUT2D eigenvalue weighted by Crippen LogP contribution is -1.75. The van der Waals surface area contributed by atoms with Crippen molar-refractivity contribution in [1.29, 1.82) is 5.26 Å². The van der Waals surface area contributed by atoms with Gasteiger partial charge in [0.1, 0.15) is 11.6 Å². The second-order valence-corrected chi connectivity index (χ2v) is 3.31. The molecule has 0 atom stereocenters. The topological polar surface area (TPSA) is 49.8 Å². The number of rotatable bonds is 0. The van der Waals surface area contributed by atoms with Crippen LogP contribution in [0.3, 0.4) is 0 Å². The SMILES string of the molecule is N#Cc1onc2c1ccc1ccccc12. The maximum Gasteiger partial charge on any atom is 0.243 e. The molecule has 0 aliphatic heterocycles. The quantitative estimate of drug-likeness (QED) is 0.552. The Bertz CT molecular complexity index is 691. The molecule has 0 spiro atoms. The number of hydrogen-bond donors (Lipinski definition) is 0. The molecule has 0 aliphatic rings. The van der Waals surface area contributed by atoms with Gasteiger partial charge >= 0.3 is 0 Å². The number of nitriles is 1. The van der Waals surface area contributed by atoms with Gasteiger partial charge in [-0.05, 0) is 11.5 Å². The molecule has 0 amide bonds. The van der Waals surface area contributed by atoms with Gasteiger partial charge in [-0.15, -0.1) is 0 Å². The molecule has 3 aromatic rings. The van der Waals surface area contributed by atoms with Gasteiger partial charge < -0.3 is 4.52 Å². The third-order valence-corrected chi connectivity index (χ3v) is 2.47. The first-order chi connectivity index (χ1) is 7.40. The fraction of sp³-hybridized carbons (Fsp3) is 0. The summed E-state index contributed by atoms with van der Waals surface area (Å²) in [4.78, 5) is 0. The Balaban J connectivity index is 2.57. The van der Waals surface area contributed by atoms with Gasteiger partial charge in [-0.2, -0.15) is 5.26 Å². The van der Waals surface area contributed by atoms with Crippen LogP contribution in [0.4, 0.5) is 0 Å². The molecule has 0 aliphatic carbocycles. The summed E-state index contributed by atoms with van der Waals surface area (Å²) >= 11 is 0. The zero-order chi connectivity index (χ0) is 10.3. The van der Waals surface area contributed by atoms with E-state index in [0.29, 0.717) is 0 Å². The summed E-state index contributed by atoms with van der Waals surface area (Å²) in [5, 5.41) is 15.6. The predicted octanol–water partition coefficient (Wildman–Crippen LogP) is 2.85. The Kier molecular flexibility index (Phi) is 1.51.